The first-order chi connectivity index (χ1) is 14.9. The third-order valence-corrected chi connectivity index (χ3v) is 8.42. The summed E-state index contributed by atoms with van der Waals surface area (Å²) in [5, 5.41) is 3.16. The normalized spacial score (nSPS) is 20.8. The van der Waals surface area contributed by atoms with Crippen LogP contribution in [0.25, 0.3) is 0 Å². The Hall–Kier alpha value is -1.87. The van der Waals surface area contributed by atoms with Gasteiger partial charge in [-0.25, -0.2) is 8.42 Å². The predicted molar refractivity (Wildman–Crippen MR) is 122 cm³/mol. The standard InChI is InChI=1S/C22H29ClN4O3S/c1-25-11-5-7-20(25)21-8-6-12-26(21)16-22(28)24-19-15-17(9-10-18(19)23)31(29,30)27-13-3-2-4-14-27/h5,7,9-11,15,21H,2-4,6,8,12-14,16H2,1H3,(H,24,28). The van der Waals surface area contributed by atoms with Crippen molar-refractivity contribution >= 4 is 33.2 Å². The molecule has 0 aliphatic carbocycles. The number of nitrogens with zero attached hydrogens (tertiary/aromatic N) is 3. The van der Waals surface area contributed by atoms with Gasteiger partial charge in [-0.05, 0) is 62.6 Å². The van der Waals surface area contributed by atoms with E-state index in [2.05, 4.69) is 20.9 Å². The van der Waals surface area contributed by atoms with Crippen LogP contribution in [0.15, 0.2) is 41.4 Å². The second-order valence-corrected chi connectivity index (χ2v) is 10.7. The van der Waals surface area contributed by atoms with Crippen molar-refractivity contribution in [3.63, 3.8) is 0 Å². The first-order valence-electron chi connectivity index (χ1n) is 10.8. The summed E-state index contributed by atoms with van der Waals surface area (Å²) >= 11 is 6.28. The minimum Gasteiger partial charge on any atom is -0.353 e. The lowest BCUT2D eigenvalue weighted by molar-refractivity contribution is -0.117. The number of nitrogens with one attached hydrogen (secondary N) is 1. The maximum atomic E-state index is 13.0. The topological polar surface area (TPSA) is 74.6 Å². The number of rotatable bonds is 6. The Balaban J connectivity index is 1.47. The maximum Gasteiger partial charge on any atom is 0.243 e. The average molecular weight is 465 g/mol. The molecule has 1 amide bonds. The summed E-state index contributed by atoms with van der Waals surface area (Å²) in [6, 6.07) is 8.83. The molecule has 1 N–H and O–H groups in total. The molecule has 2 aliphatic heterocycles. The van der Waals surface area contributed by atoms with Gasteiger partial charge in [0, 0.05) is 32.0 Å². The number of hydrogen-bond donors (Lipinski definition) is 1. The van der Waals surface area contributed by atoms with Crippen LogP contribution in [-0.2, 0) is 21.9 Å². The summed E-state index contributed by atoms with van der Waals surface area (Å²) in [5.74, 6) is -0.199. The largest absolute Gasteiger partial charge is 0.353 e. The van der Waals surface area contributed by atoms with E-state index in [1.165, 1.54) is 28.2 Å². The highest BCUT2D eigenvalue weighted by molar-refractivity contribution is 7.89. The third kappa shape index (κ3) is 4.82. The van der Waals surface area contributed by atoms with Gasteiger partial charge in [-0.15, -0.1) is 0 Å². The zero-order chi connectivity index (χ0) is 22.0. The zero-order valence-electron chi connectivity index (χ0n) is 17.8. The number of benzene rings is 1. The highest BCUT2D eigenvalue weighted by Gasteiger charge is 2.30. The van der Waals surface area contributed by atoms with Gasteiger partial charge in [-0.2, -0.15) is 4.31 Å². The summed E-state index contributed by atoms with van der Waals surface area (Å²) in [6.07, 6.45) is 6.85. The molecule has 2 aromatic rings. The van der Waals surface area contributed by atoms with E-state index in [0.717, 1.165) is 38.6 Å². The lowest BCUT2D eigenvalue weighted by atomic mass is 10.1. The van der Waals surface area contributed by atoms with Gasteiger partial charge in [0.15, 0.2) is 0 Å². The first-order valence-corrected chi connectivity index (χ1v) is 12.6. The summed E-state index contributed by atoms with van der Waals surface area (Å²) in [7, 11) is -1.58. The fourth-order valence-corrected chi connectivity index (χ4v) is 6.27. The number of carbonyl (C=O) groups is 1. The van der Waals surface area contributed by atoms with Gasteiger partial charge in [0.1, 0.15) is 0 Å². The molecule has 0 radical (unpaired) electrons. The fourth-order valence-electron chi connectivity index (χ4n) is 4.56. The van der Waals surface area contributed by atoms with Gasteiger partial charge in [-0.1, -0.05) is 18.0 Å². The van der Waals surface area contributed by atoms with Gasteiger partial charge in [0.25, 0.3) is 0 Å². The van der Waals surface area contributed by atoms with Crippen molar-refractivity contribution in [1.82, 2.24) is 13.8 Å². The Bertz CT molecular complexity index is 1050. The predicted octanol–water partition coefficient (Wildman–Crippen LogP) is 3.63. The Morgan fingerprint density at radius 3 is 2.61 bits per heavy atom. The van der Waals surface area contributed by atoms with Crippen LogP contribution in [0.2, 0.25) is 5.02 Å². The second kappa shape index (κ2) is 9.32. The van der Waals surface area contributed by atoms with Crippen LogP contribution < -0.4 is 5.32 Å². The second-order valence-electron chi connectivity index (χ2n) is 8.33. The molecule has 2 saturated heterocycles. The summed E-state index contributed by atoms with van der Waals surface area (Å²) < 4.78 is 29.6. The van der Waals surface area contributed by atoms with Gasteiger partial charge < -0.3 is 9.88 Å². The van der Waals surface area contributed by atoms with Crippen LogP contribution in [-0.4, -0.2) is 54.3 Å². The Morgan fingerprint density at radius 2 is 1.90 bits per heavy atom. The monoisotopic (exact) mass is 464 g/mol. The van der Waals surface area contributed by atoms with E-state index >= 15 is 0 Å². The summed E-state index contributed by atoms with van der Waals surface area (Å²) in [4.78, 5) is 15.1. The van der Waals surface area contributed by atoms with Crippen molar-refractivity contribution < 1.29 is 13.2 Å². The molecule has 2 aliphatic rings. The molecule has 1 aromatic carbocycles. The van der Waals surface area contributed by atoms with Crippen molar-refractivity contribution in [3.05, 3.63) is 47.2 Å². The SMILES string of the molecule is Cn1cccc1C1CCCN1CC(=O)Nc1cc(S(=O)(=O)N2CCCCC2)ccc1Cl. The summed E-state index contributed by atoms with van der Waals surface area (Å²) in [6.45, 7) is 2.14. The zero-order valence-corrected chi connectivity index (χ0v) is 19.3. The third-order valence-electron chi connectivity index (χ3n) is 6.20. The molecule has 1 aromatic heterocycles. The lowest BCUT2D eigenvalue weighted by Gasteiger charge is -2.26. The molecule has 1 atom stereocenters. The van der Waals surface area contributed by atoms with Crippen molar-refractivity contribution in [2.24, 2.45) is 7.05 Å². The van der Waals surface area contributed by atoms with Gasteiger partial charge in [-0.3, -0.25) is 9.69 Å². The van der Waals surface area contributed by atoms with Crippen molar-refractivity contribution in [3.8, 4) is 0 Å². The highest BCUT2D eigenvalue weighted by atomic mass is 35.5. The molecular weight excluding hydrogens is 436 g/mol. The molecule has 3 heterocycles. The number of likely N-dealkylation sites (tertiary alicyclic amines) is 1. The van der Waals surface area contributed by atoms with E-state index in [1.807, 2.05) is 19.3 Å². The van der Waals surface area contributed by atoms with Crippen LogP contribution in [0.4, 0.5) is 5.69 Å². The maximum absolute atomic E-state index is 13.0. The Morgan fingerprint density at radius 1 is 1.13 bits per heavy atom. The quantitative estimate of drug-likeness (QED) is 0.708. The van der Waals surface area contributed by atoms with E-state index in [1.54, 1.807) is 0 Å². The highest BCUT2D eigenvalue weighted by Crippen LogP contribution is 2.32. The summed E-state index contributed by atoms with van der Waals surface area (Å²) in [5.41, 5.74) is 1.53. The molecule has 1 unspecified atom stereocenters. The molecular formula is C22H29ClN4O3S. The first kappa shape index (κ1) is 22.3. The van der Waals surface area contributed by atoms with Crippen LogP contribution in [0.5, 0.6) is 0 Å². The minimum atomic E-state index is -3.59. The van der Waals surface area contributed by atoms with Gasteiger partial charge >= 0.3 is 0 Å². The molecule has 168 valence electrons. The molecule has 7 nitrogen and oxygen atoms in total. The molecule has 9 heteroatoms. The van der Waals surface area contributed by atoms with Crippen molar-refractivity contribution in [1.29, 1.82) is 0 Å². The van der Waals surface area contributed by atoms with Crippen LogP contribution in [0.1, 0.15) is 43.8 Å². The lowest BCUT2D eigenvalue weighted by Crippen LogP contribution is -2.35. The minimum absolute atomic E-state index is 0.164. The number of aryl methyl sites for hydroxylation is 1. The number of anilines is 1. The molecule has 4 rings (SSSR count). The Labute approximate surface area is 189 Å². The molecule has 0 bridgehead atoms. The number of hydrogen-bond acceptors (Lipinski definition) is 4. The molecule has 31 heavy (non-hydrogen) atoms. The van der Waals surface area contributed by atoms with E-state index < -0.39 is 10.0 Å². The molecule has 0 spiro atoms. The molecule has 0 saturated carbocycles. The Kier molecular flexibility index (Phi) is 6.71. The van der Waals surface area contributed by atoms with Crippen LogP contribution in [0, 0.1) is 0 Å². The van der Waals surface area contributed by atoms with E-state index in [-0.39, 0.29) is 23.4 Å². The number of aromatic nitrogens is 1. The van der Waals surface area contributed by atoms with E-state index in [9.17, 15) is 13.2 Å². The van der Waals surface area contributed by atoms with Crippen LogP contribution >= 0.6 is 11.6 Å². The number of amides is 1. The smallest absolute Gasteiger partial charge is 0.243 e. The van der Waals surface area contributed by atoms with Crippen molar-refractivity contribution in [2.75, 3.05) is 31.5 Å². The van der Waals surface area contributed by atoms with Crippen molar-refractivity contribution in [2.45, 2.75) is 43.0 Å². The molecule has 2 fully saturated rings. The fraction of sp³-hybridized carbons (Fsp3) is 0.500. The van der Waals surface area contributed by atoms with E-state index in [0.29, 0.717) is 23.8 Å². The number of halogens is 1. The van der Waals surface area contributed by atoms with Gasteiger partial charge in [0.2, 0.25) is 15.9 Å². The number of carbonyl (C=O) groups excluding carboxylic acids is 1. The number of piperidine rings is 1. The van der Waals surface area contributed by atoms with E-state index in [4.69, 9.17) is 11.6 Å². The average Bonchev–Trinajstić information content (AvgIpc) is 3.38. The van der Waals surface area contributed by atoms with Crippen LogP contribution in [0.3, 0.4) is 0 Å². The number of sulfonamides is 1. The van der Waals surface area contributed by atoms with Gasteiger partial charge in [0.05, 0.1) is 28.2 Å².